The Hall–Kier alpha value is -3.06. The molecule has 0 aliphatic heterocycles. The SMILES string of the molecule is CCCC(=O)c1ccc(OCCOCCNc2cccc(C(=O)O)c2)c(C)c1O. The molecule has 0 saturated carbocycles. The molecule has 2 rings (SSSR count). The van der Waals surface area contributed by atoms with Crippen LogP contribution in [0.2, 0.25) is 0 Å². The van der Waals surface area contributed by atoms with Crippen molar-refractivity contribution in [2.75, 3.05) is 31.7 Å². The van der Waals surface area contributed by atoms with E-state index in [-0.39, 0.29) is 17.1 Å². The number of aromatic hydroxyl groups is 1. The molecule has 0 spiro atoms. The summed E-state index contributed by atoms with van der Waals surface area (Å²) in [7, 11) is 0. The van der Waals surface area contributed by atoms with Gasteiger partial charge in [0.05, 0.1) is 24.3 Å². The summed E-state index contributed by atoms with van der Waals surface area (Å²) in [5.74, 6) is -0.562. The number of carboxylic acid groups (broad SMARTS) is 1. The number of Topliss-reactive ketones (excluding diaryl/α,β-unsaturated/α-hetero) is 1. The average molecular weight is 401 g/mol. The molecule has 0 radical (unpaired) electrons. The second-order valence-electron chi connectivity index (χ2n) is 6.53. The van der Waals surface area contributed by atoms with Crippen molar-refractivity contribution in [3.8, 4) is 11.5 Å². The largest absolute Gasteiger partial charge is 0.507 e. The van der Waals surface area contributed by atoms with E-state index in [0.29, 0.717) is 55.4 Å². The number of ketones is 1. The molecule has 0 saturated heterocycles. The Morgan fingerprint density at radius 3 is 2.62 bits per heavy atom. The van der Waals surface area contributed by atoms with Crippen LogP contribution >= 0.6 is 0 Å². The Morgan fingerprint density at radius 1 is 1.10 bits per heavy atom. The molecule has 0 bridgehead atoms. The van der Waals surface area contributed by atoms with Crippen molar-refractivity contribution >= 4 is 17.4 Å². The second kappa shape index (κ2) is 11.1. The van der Waals surface area contributed by atoms with Crippen LogP contribution in [0.3, 0.4) is 0 Å². The van der Waals surface area contributed by atoms with Crippen molar-refractivity contribution in [3.05, 3.63) is 53.1 Å². The number of carbonyl (C=O) groups excluding carboxylic acids is 1. The second-order valence-corrected chi connectivity index (χ2v) is 6.53. The van der Waals surface area contributed by atoms with Gasteiger partial charge in [0.15, 0.2) is 5.78 Å². The Bertz CT molecular complexity index is 849. The average Bonchev–Trinajstić information content (AvgIpc) is 2.70. The van der Waals surface area contributed by atoms with E-state index in [1.165, 1.54) is 6.07 Å². The summed E-state index contributed by atoms with van der Waals surface area (Å²) in [5.41, 5.74) is 1.80. The summed E-state index contributed by atoms with van der Waals surface area (Å²) in [6.07, 6.45) is 1.13. The highest BCUT2D eigenvalue weighted by atomic mass is 16.5. The maximum Gasteiger partial charge on any atom is 0.335 e. The van der Waals surface area contributed by atoms with Crippen LogP contribution in [0.1, 0.15) is 46.0 Å². The molecule has 7 heteroatoms. The maximum atomic E-state index is 12.0. The van der Waals surface area contributed by atoms with Crippen LogP contribution in [0.25, 0.3) is 0 Å². The lowest BCUT2D eigenvalue weighted by Crippen LogP contribution is -2.14. The quantitative estimate of drug-likeness (QED) is 0.366. The van der Waals surface area contributed by atoms with E-state index in [0.717, 1.165) is 6.42 Å². The van der Waals surface area contributed by atoms with Gasteiger partial charge in [0.25, 0.3) is 0 Å². The number of benzene rings is 2. The molecule has 0 aromatic heterocycles. The van der Waals surface area contributed by atoms with Gasteiger partial charge >= 0.3 is 5.97 Å². The maximum absolute atomic E-state index is 12.0. The van der Waals surface area contributed by atoms with Crippen LogP contribution in [-0.4, -0.2) is 48.3 Å². The van der Waals surface area contributed by atoms with Crippen molar-refractivity contribution < 1.29 is 29.3 Å². The van der Waals surface area contributed by atoms with Gasteiger partial charge < -0.3 is 25.0 Å². The first kappa shape index (κ1) is 22.2. The van der Waals surface area contributed by atoms with Gasteiger partial charge in [0.2, 0.25) is 0 Å². The van der Waals surface area contributed by atoms with Crippen molar-refractivity contribution in [3.63, 3.8) is 0 Å². The first-order valence-electron chi connectivity index (χ1n) is 9.57. The molecule has 29 heavy (non-hydrogen) atoms. The minimum atomic E-state index is -0.967. The fourth-order valence-electron chi connectivity index (χ4n) is 2.77. The molecular formula is C22H27NO6. The molecule has 2 aromatic rings. The summed E-state index contributed by atoms with van der Waals surface area (Å²) in [5, 5.41) is 22.3. The molecule has 0 heterocycles. The number of carbonyl (C=O) groups is 2. The minimum absolute atomic E-state index is 0.0327. The normalized spacial score (nSPS) is 10.6. The van der Waals surface area contributed by atoms with Gasteiger partial charge in [-0.25, -0.2) is 4.79 Å². The van der Waals surface area contributed by atoms with Crippen LogP contribution < -0.4 is 10.1 Å². The minimum Gasteiger partial charge on any atom is -0.507 e. The molecule has 0 atom stereocenters. The van der Waals surface area contributed by atoms with Gasteiger partial charge in [-0.3, -0.25) is 4.79 Å². The summed E-state index contributed by atoms with van der Waals surface area (Å²) >= 11 is 0. The van der Waals surface area contributed by atoms with Gasteiger partial charge in [-0.1, -0.05) is 13.0 Å². The topological polar surface area (TPSA) is 105 Å². The van der Waals surface area contributed by atoms with E-state index >= 15 is 0 Å². The number of anilines is 1. The molecule has 0 aliphatic carbocycles. The zero-order valence-electron chi connectivity index (χ0n) is 16.7. The fourth-order valence-corrected chi connectivity index (χ4v) is 2.77. The molecule has 0 fully saturated rings. The van der Waals surface area contributed by atoms with Gasteiger partial charge in [-0.15, -0.1) is 0 Å². The predicted molar refractivity (Wildman–Crippen MR) is 110 cm³/mol. The van der Waals surface area contributed by atoms with Crippen molar-refractivity contribution in [1.82, 2.24) is 0 Å². The number of hydrogen-bond acceptors (Lipinski definition) is 6. The van der Waals surface area contributed by atoms with E-state index in [9.17, 15) is 14.7 Å². The first-order chi connectivity index (χ1) is 13.9. The van der Waals surface area contributed by atoms with Gasteiger partial charge in [-0.2, -0.15) is 0 Å². The number of nitrogens with one attached hydrogen (secondary N) is 1. The Kier molecular flexibility index (Phi) is 8.48. The molecule has 156 valence electrons. The van der Waals surface area contributed by atoms with Crippen molar-refractivity contribution in [2.45, 2.75) is 26.7 Å². The lowest BCUT2D eigenvalue weighted by atomic mass is 10.0. The fraction of sp³-hybridized carbons (Fsp3) is 0.364. The Labute approximate surface area is 170 Å². The van der Waals surface area contributed by atoms with E-state index in [4.69, 9.17) is 14.6 Å². The molecule has 2 aromatic carbocycles. The Balaban J connectivity index is 1.71. The third-order valence-electron chi connectivity index (χ3n) is 4.33. The molecule has 7 nitrogen and oxygen atoms in total. The third-order valence-corrected chi connectivity index (χ3v) is 4.33. The lowest BCUT2D eigenvalue weighted by molar-refractivity contribution is 0.0696. The zero-order valence-corrected chi connectivity index (χ0v) is 16.7. The molecule has 0 aliphatic rings. The van der Waals surface area contributed by atoms with Crippen LogP contribution in [0.4, 0.5) is 5.69 Å². The molecule has 3 N–H and O–H groups in total. The monoisotopic (exact) mass is 401 g/mol. The van der Waals surface area contributed by atoms with Gasteiger partial charge in [-0.05, 0) is 43.7 Å². The summed E-state index contributed by atoms with van der Waals surface area (Å²) < 4.78 is 11.1. The smallest absolute Gasteiger partial charge is 0.335 e. The Morgan fingerprint density at radius 2 is 1.90 bits per heavy atom. The van der Waals surface area contributed by atoms with Crippen LogP contribution in [0, 0.1) is 6.92 Å². The van der Waals surface area contributed by atoms with Crippen LogP contribution in [0.15, 0.2) is 36.4 Å². The standard InChI is InChI=1S/C22H27NO6/c1-3-5-19(24)18-8-9-20(15(2)21(18)25)29-13-12-28-11-10-23-17-7-4-6-16(14-17)22(26)27/h4,6-9,14,23,25H,3,5,10-13H2,1-2H3,(H,26,27). The van der Waals surface area contributed by atoms with Crippen molar-refractivity contribution in [2.24, 2.45) is 0 Å². The van der Waals surface area contributed by atoms with Crippen molar-refractivity contribution in [1.29, 1.82) is 0 Å². The van der Waals surface area contributed by atoms with E-state index in [1.54, 1.807) is 37.3 Å². The molecule has 0 amide bonds. The summed E-state index contributed by atoms with van der Waals surface area (Å²) in [4.78, 5) is 22.9. The van der Waals surface area contributed by atoms with E-state index < -0.39 is 5.97 Å². The van der Waals surface area contributed by atoms with Crippen LogP contribution in [0.5, 0.6) is 11.5 Å². The number of phenols is 1. The first-order valence-corrected chi connectivity index (χ1v) is 9.57. The summed E-state index contributed by atoms with van der Waals surface area (Å²) in [6, 6.07) is 9.85. The predicted octanol–water partition coefficient (Wildman–Crippen LogP) is 3.89. The third kappa shape index (κ3) is 6.50. The zero-order chi connectivity index (χ0) is 21.2. The number of hydrogen-bond donors (Lipinski definition) is 3. The highest BCUT2D eigenvalue weighted by Crippen LogP contribution is 2.31. The van der Waals surface area contributed by atoms with E-state index in [1.807, 2.05) is 6.92 Å². The van der Waals surface area contributed by atoms with E-state index in [2.05, 4.69) is 5.32 Å². The number of ether oxygens (including phenoxy) is 2. The van der Waals surface area contributed by atoms with Gasteiger partial charge in [0, 0.05) is 24.2 Å². The number of carboxylic acids is 1. The number of aromatic carboxylic acids is 1. The number of phenolic OH excluding ortho intramolecular Hbond substituents is 1. The molecule has 0 unspecified atom stereocenters. The molecular weight excluding hydrogens is 374 g/mol. The highest BCUT2D eigenvalue weighted by Gasteiger charge is 2.15. The van der Waals surface area contributed by atoms with Crippen LogP contribution in [-0.2, 0) is 4.74 Å². The summed E-state index contributed by atoms with van der Waals surface area (Å²) in [6.45, 7) is 5.24. The van der Waals surface area contributed by atoms with Gasteiger partial charge in [0.1, 0.15) is 18.1 Å². The number of rotatable bonds is 12. The highest BCUT2D eigenvalue weighted by molar-refractivity contribution is 5.99. The lowest BCUT2D eigenvalue weighted by Gasteiger charge is -2.13.